The SMILES string of the molecule is C[C@@H](N)C(=O)NCc1ccccc1OCC(=O)NCC1CCCO1. The fourth-order valence-electron chi connectivity index (χ4n) is 2.36. The molecule has 1 aromatic carbocycles. The van der Waals surface area contributed by atoms with Crippen LogP contribution in [0.5, 0.6) is 5.75 Å². The van der Waals surface area contributed by atoms with Crippen molar-refractivity contribution in [2.75, 3.05) is 19.8 Å². The van der Waals surface area contributed by atoms with E-state index in [1.54, 1.807) is 13.0 Å². The Bertz CT molecular complexity index is 557. The van der Waals surface area contributed by atoms with Gasteiger partial charge in [0.25, 0.3) is 5.91 Å². The summed E-state index contributed by atoms with van der Waals surface area (Å²) in [6, 6.07) is 6.69. The Morgan fingerprint density at radius 1 is 1.38 bits per heavy atom. The number of hydrogen-bond donors (Lipinski definition) is 3. The molecule has 1 aliphatic heterocycles. The van der Waals surface area contributed by atoms with Crippen molar-refractivity contribution < 1.29 is 19.1 Å². The molecule has 1 unspecified atom stereocenters. The van der Waals surface area contributed by atoms with Gasteiger partial charge in [0.05, 0.1) is 12.1 Å². The number of carbonyl (C=O) groups excluding carboxylic acids is 2. The normalized spacial score (nSPS) is 18.0. The van der Waals surface area contributed by atoms with Gasteiger partial charge in [0.1, 0.15) is 5.75 Å². The third-order valence-corrected chi connectivity index (χ3v) is 3.75. The first-order valence-electron chi connectivity index (χ1n) is 8.18. The van der Waals surface area contributed by atoms with Crippen LogP contribution < -0.4 is 21.1 Å². The van der Waals surface area contributed by atoms with E-state index >= 15 is 0 Å². The van der Waals surface area contributed by atoms with E-state index in [0.717, 1.165) is 25.0 Å². The highest BCUT2D eigenvalue weighted by molar-refractivity contribution is 5.81. The summed E-state index contributed by atoms with van der Waals surface area (Å²) in [6.45, 7) is 3.11. The molecule has 0 spiro atoms. The second-order valence-corrected chi connectivity index (χ2v) is 5.84. The van der Waals surface area contributed by atoms with Crippen molar-refractivity contribution in [3.05, 3.63) is 29.8 Å². The first kappa shape index (κ1) is 18.2. The third-order valence-electron chi connectivity index (χ3n) is 3.75. The van der Waals surface area contributed by atoms with Crippen LogP contribution in [0.15, 0.2) is 24.3 Å². The number of ether oxygens (including phenoxy) is 2. The fourth-order valence-corrected chi connectivity index (χ4v) is 2.36. The van der Waals surface area contributed by atoms with Crippen molar-refractivity contribution in [3.63, 3.8) is 0 Å². The molecule has 1 fully saturated rings. The molecule has 0 aromatic heterocycles. The molecule has 0 radical (unpaired) electrons. The first-order chi connectivity index (χ1) is 11.6. The molecule has 7 heteroatoms. The van der Waals surface area contributed by atoms with Gasteiger partial charge >= 0.3 is 0 Å². The van der Waals surface area contributed by atoms with Crippen LogP contribution >= 0.6 is 0 Å². The molecule has 1 aromatic rings. The van der Waals surface area contributed by atoms with Crippen molar-refractivity contribution >= 4 is 11.8 Å². The Hall–Kier alpha value is -2.12. The molecule has 2 amide bonds. The Labute approximate surface area is 141 Å². The van der Waals surface area contributed by atoms with E-state index in [1.165, 1.54) is 0 Å². The van der Waals surface area contributed by atoms with Gasteiger partial charge in [-0.2, -0.15) is 0 Å². The minimum absolute atomic E-state index is 0.0784. The molecule has 0 saturated carbocycles. The quantitative estimate of drug-likeness (QED) is 0.635. The highest BCUT2D eigenvalue weighted by atomic mass is 16.5. The number of hydrogen-bond acceptors (Lipinski definition) is 5. The summed E-state index contributed by atoms with van der Waals surface area (Å²) in [7, 11) is 0. The van der Waals surface area contributed by atoms with Crippen LogP contribution in [0.25, 0.3) is 0 Å². The summed E-state index contributed by atoms with van der Waals surface area (Å²) < 4.78 is 11.0. The maximum Gasteiger partial charge on any atom is 0.258 e. The topological polar surface area (TPSA) is 103 Å². The maximum atomic E-state index is 11.9. The lowest BCUT2D eigenvalue weighted by Crippen LogP contribution is -2.38. The van der Waals surface area contributed by atoms with Gasteiger partial charge in [0.2, 0.25) is 5.91 Å². The highest BCUT2D eigenvalue weighted by Gasteiger charge is 2.16. The summed E-state index contributed by atoms with van der Waals surface area (Å²) in [4.78, 5) is 23.4. The molecule has 1 heterocycles. The average Bonchev–Trinajstić information content (AvgIpc) is 3.10. The van der Waals surface area contributed by atoms with Crippen molar-refractivity contribution in [3.8, 4) is 5.75 Å². The summed E-state index contributed by atoms with van der Waals surface area (Å²) in [5, 5.41) is 5.53. The molecule has 2 rings (SSSR count). The van der Waals surface area contributed by atoms with Gasteiger partial charge in [-0.25, -0.2) is 0 Å². The Kier molecular flexibility index (Phi) is 7.02. The molecular formula is C17H25N3O4. The molecule has 7 nitrogen and oxygen atoms in total. The molecule has 1 saturated heterocycles. The van der Waals surface area contributed by atoms with Gasteiger partial charge in [0, 0.05) is 25.3 Å². The maximum absolute atomic E-state index is 11.9. The van der Waals surface area contributed by atoms with Crippen LogP contribution in [0, 0.1) is 0 Å². The van der Waals surface area contributed by atoms with Crippen molar-refractivity contribution in [1.29, 1.82) is 0 Å². The third kappa shape index (κ3) is 5.82. The molecular weight excluding hydrogens is 310 g/mol. The van der Waals surface area contributed by atoms with E-state index in [1.807, 2.05) is 18.2 Å². The number of carbonyl (C=O) groups is 2. The second kappa shape index (κ2) is 9.24. The van der Waals surface area contributed by atoms with E-state index in [0.29, 0.717) is 18.8 Å². The Morgan fingerprint density at radius 3 is 2.88 bits per heavy atom. The minimum Gasteiger partial charge on any atom is -0.483 e. The smallest absolute Gasteiger partial charge is 0.258 e. The van der Waals surface area contributed by atoms with Crippen molar-refractivity contribution in [1.82, 2.24) is 10.6 Å². The largest absolute Gasteiger partial charge is 0.483 e. The number of benzene rings is 1. The molecule has 2 atom stereocenters. The van der Waals surface area contributed by atoms with Gasteiger partial charge in [-0.1, -0.05) is 18.2 Å². The van der Waals surface area contributed by atoms with Crippen LogP contribution in [-0.2, 0) is 20.9 Å². The van der Waals surface area contributed by atoms with Gasteiger partial charge in [-0.3, -0.25) is 9.59 Å². The van der Waals surface area contributed by atoms with E-state index in [2.05, 4.69) is 10.6 Å². The predicted molar refractivity (Wildman–Crippen MR) is 89.4 cm³/mol. The minimum atomic E-state index is -0.568. The molecule has 1 aliphatic rings. The van der Waals surface area contributed by atoms with E-state index in [4.69, 9.17) is 15.2 Å². The van der Waals surface area contributed by atoms with Gasteiger partial charge in [-0.05, 0) is 25.8 Å². The average molecular weight is 335 g/mol. The predicted octanol–water partition coefficient (Wildman–Crippen LogP) is 0.324. The summed E-state index contributed by atoms with van der Waals surface area (Å²) >= 11 is 0. The van der Waals surface area contributed by atoms with Crippen molar-refractivity contribution in [2.24, 2.45) is 5.73 Å². The zero-order valence-electron chi connectivity index (χ0n) is 13.9. The van der Waals surface area contributed by atoms with Crippen LogP contribution in [0.1, 0.15) is 25.3 Å². The number of rotatable bonds is 8. The van der Waals surface area contributed by atoms with Gasteiger partial charge in [0.15, 0.2) is 6.61 Å². The lowest BCUT2D eigenvalue weighted by atomic mass is 10.2. The van der Waals surface area contributed by atoms with Crippen LogP contribution in [0.4, 0.5) is 0 Å². The summed E-state index contributed by atoms with van der Waals surface area (Å²) in [5.74, 6) is 0.133. The van der Waals surface area contributed by atoms with E-state index in [9.17, 15) is 9.59 Å². The van der Waals surface area contributed by atoms with E-state index in [-0.39, 0.29) is 24.5 Å². The van der Waals surface area contributed by atoms with Gasteiger partial charge in [-0.15, -0.1) is 0 Å². The van der Waals surface area contributed by atoms with Gasteiger partial charge < -0.3 is 25.8 Å². The van der Waals surface area contributed by atoms with Crippen LogP contribution in [-0.4, -0.2) is 43.7 Å². The zero-order chi connectivity index (χ0) is 17.4. The molecule has 132 valence electrons. The van der Waals surface area contributed by atoms with Crippen LogP contribution in [0.2, 0.25) is 0 Å². The summed E-state index contributed by atoms with van der Waals surface area (Å²) in [6.07, 6.45) is 2.12. The molecule has 0 aliphatic carbocycles. The number of nitrogens with one attached hydrogen (secondary N) is 2. The standard InChI is InChI=1S/C17H25N3O4/c1-12(18)17(22)20-9-13-5-2-3-7-15(13)24-11-16(21)19-10-14-6-4-8-23-14/h2-3,5,7,12,14H,4,6,8-11,18H2,1H3,(H,19,21)(H,20,22)/t12-,14?/m1/s1. The number of para-hydroxylation sites is 1. The highest BCUT2D eigenvalue weighted by Crippen LogP contribution is 2.17. The Balaban J connectivity index is 1.78. The number of nitrogens with two attached hydrogens (primary N) is 1. The van der Waals surface area contributed by atoms with Crippen LogP contribution in [0.3, 0.4) is 0 Å². The molecule has 24 heavy (non-hydrogen) atoms. The van der Waals surface area contributed by atoms with Crippen molar-refractivity contribution in [2.45, 2.75) is 38.5 Å². The zero-order valence-corrected chi connectivity index (χ0v) is 13.9. The molecule has 4 N–H and O–H groups in total. The molecule has 0 bridgehead atoms. The fraction of sp³-hybridized carbons (Fsp3) is 0.529. The lowest BCUT2D eigenvalue weighted by molar-refractivity contribution is -0.124. The van der Waals surface area contributed by atoms with E-state index < -0.39 is 6.04 Å². The summed E-state index contributed by atoms with van der Waals surface area (Å²) in [5.41, 5.74) is 6.31. The Morgan fingerprint density at radius 2 is 2.17 bits per heavy atom. The first-order valence-corrected chi connectivity index (χ1v) is 8.18. The lowest BCUT2D eigenvalue weighted by Gasteiger charge is -2.14. The number of amides is 2. The monoisotopic (exact) mass is 335 g/mol. The second-order valence-electron chi connectivity index (χ2n) is 5.84.